The number of ether oxygens (including phenoxy) is 1. The highest BCUT2D eigenvalue weighted by atomic mass is 32.2. The number of nitrogens with one attached hydrogen (secondary N) is 2. The van der Waals surface area contributed by atoms with Crippen molar-refractivity contribution in [2.75, 3.05) is 19.8 Å². The molecular formula is C14H21FN2O3S. The lowest BCUT2D eigenvalue weighted by Gasteiger charge is -2.23. The molecule has 0 amide bonds. The second kappa shape index (κ2) is 7.31. The van der Waals surface area contributed by atoms with Gasteiger partial charge in [0.25, 0.3) is 0 Å². The molecule has 0 spiro atoms. The van der Waals surface area contributed by atoms with Crippen molar-refractivity contribution in [1.82, 2.24) is 10.0 Å². The topological polar surface area (TPSA) is 67.4 Å². The quantitative estimate of drug-likeness (QED) is 0.832. The minimum absolute atomic E-state index is 0.190. The predicted molar refractivity (Wildman–Crippen MR) is 77.9 cm³/mol. The van der Waals surface area contributed by atoms with Gasteiger partial charge < -0.3 is 10.1 Å². The van der Waals surface area contributed by atoms with Crippen LogP contribution in [0.15, 0.2) is 23.1 Å². The monoisotopic (exact) mass is 316 g/mol. The Kier molecular flexibility index (Phi) is 5.69. The highest BCUT2D eigenvalue weighted by molar-refractivity contribution is 7.89. The summed E-state index contributed by atoms with van der Waals surface area (Å²) in [5, 5.41) is 3.07. The normalized spacial score (nSPS) is 17.0. The first-order valence-electron chi connectivity index (χ1n) is 7.12. The van der Waals surface area contributed by atoms with Crippen molar-refractivity contribution in [3.63, 3.8) is 0 Å². The molecule has 1 aromatic rings. The Morgan fingerprint density at radius 1 is 1.33 bits per heavy atom. The van der Waals surface area contributed by atoms with Gasteiger partial charge in [0.1, 0.15) is 10.7 Å². The minimum atomic E-state index is -3.83. The fourth-order valence-corrected chi connectivity index (χ4v) is 3.60. The van der Waals surface area contributed by atoms with Gasteiger partial charge in [-0.1, -0.05) is 13.0 Å². The van der Waals surface area contributed by atoms with E-state index < -0.39 is 15.8 Å². The summed E-state index contributed by atoms with van der Waals surface area (Å²) in [7, 11) is -3.83. The number of hydrogen-bond donors (Lipinski definition) is 2. The molecule has 0 radical (unpaired) electrons. The van der Waals surface area contributed by atoms with Crippen molar-refractivity contribution in [1.29, 1.82) is 0 Å². The first-order chi connectivity index (χ1) is 10.0. The number of rotatable bonds is 6. The maximum absolute atomic E-state index is 14.1. The lowest BCUT2D eigenvalue weighted by atomic mass is 10.1. The van der Waals surface area contributed by atoms with E-state index in [-0.39, 0.29) is 10.9 Å². The predicted octanol–water partition coefficient (Wildman–Crippen LogP) is 1.39. The Morgan fingerprint density at radius 2 is 2.05 bits per heavy atom. The highest BCUT2D eigenvalue weighted by Crippen LogP contribution is 2.18. The maximum Gasteiger partial charge on any atom is 0.243 e. The molecule has 7 heteroatoms. The molecule has 0 unspecified atom stereocenters. The molecule has 0 bridgehead atoms. The van der Waals surface area contributed by atoms with Crippen LogP contribution in [0, 0.1) is 5.82 Å². The van der Waals surface area contributed by atoms with Gasteiger partial charge in [0.15, 0.2) is 0 Å². The second-order valence-corrected chi connectivity index (χ2v) is 6.74. The summed E-state index contributed by atoms with van der Waals surface area (Å²) in [6.07, 6.45) is 1.22. The molecule has 2 N–H and O–H groups in total. The molecule has 1 fully saturated rings. The van der Waals surface area contributed by atoms with Crippen LogP contribution in [-0.4, -0.2) is 34.2 Å². The van der Waals surface area contributed by atoms with Crippen LogP contribution in [0.2, 0.25) is 0 Å². The first kappa shape index (κ1) is 16.4. The summed E-state index contributed by atoms with van der Waals surface area (Å²) in [4.78, 5) is -0.297. The number of sulfonamides is 1. The molecule has 2 rings (SSSR count). The van der Waals surface area contributed by atoms with Crippen molar-refractivity contribution in [3.05, 3.63) is 29.6 Å². The summed E-state index contributed by atoms with van der Waals surface area (Å²) >= 11 is 0. The van der Waals surface area contributed by atoms with Crippen LogP contribution in [0.4, 0.5) is 4.39 Å². The molecule has 1 aliphatic rings. The molecule has 0 aromatic heterocycles. The Hall–Kier alpha value is -1.02. The Labute approximate surface area is 124 Å². The molecule has 0 atom stereocenters. The smallest absolute Gasteiger partial charge is 0.243 e. The van der Waals surface area contributed by atoms with Gasteiger partial charge in [-0.3, -0.25) is 0 Å². The van der Waals surface area contributed by atoms with Crippen LogP contribution in [0.1, 0.15) is 25.3 Å². The molecule has 0 aliphatic carbocycles. The lowest BCUT2D eigenvalue weighted by molar-refractivity contribution is 0.0832. The van der Waals surface area contributed by atoms with E-state index in [4.69, 9.17) is 4.74 Å². The second-order valence-electron chi connectivity index (χ2n) is 5.05. The van der Waals surface area contributed by atoms with Crippen molar-refractivity contribution in [2.45, 2.75) is 37.2 Å². The minimum Gasteiger partial charge on any atom is -0.381 e. The Balaban J connectivity index is 2.11. The van der Waals surface area contributed by atoms with Gasteiger partial charge in [-0.15, -0.1) is 0 Å². The molecule has 1 heterocycles. The average Bonchev–Trinajstić information content (AvgIpc) is 2.45. The third-order valence-electron chi connectivity index (χ3n) is 3.41. The van der Waals surface area contributed by atoms with Crippen LogP contribution in [0.25, 0.3) is 0 Å². The number of halogens is 1. The molecule has 5 nitrogen and oxygen atoms in total. The first-order valence-corrected chi connectivity index (χ1v) is 8.60. The molecule has 1 aliphatic heterocycles. The van der Waals surface area contributed by atoms with Crippen LogP contribution in [0.3, 0.4) is 0 Å². The van der Waals surface area contributed by atoms with E-state index in [1.807, 2.05) is 6.92 Å². The van der Waals surface area contributed by atoms with E-state index in [0.29, 0.717) is 32.6 Å². The zero-order valence-electron chi connectivity index (χ0n) is 12.1. The van der Waals surface area contributed by atoms with Gasteiger partial charge in [-0.2, -0.15) is 0 Å². The van der Waals surface area contributed by atoms with Gasteiger partial charge in [0.2, 0.25) is 10.0 Å². The lowest BCUT2D eigenvalue weighted by Crippen LogP contribution is -2.39. The summed E-state index contributed by atoms with van der Waals surface area (Å²) in [5.41, 5.74) is 0.722. The van der Waals surface area contributed by atoms with Crippen LogP contribution in [-0.2, 0) is 21.3 Å². The zero-order valence-corrected chi connectivity index (χ0v) is 12.9. The van der Waals surface area contributed by atoms with Crippen molar-refractivity contribution in [3.8, 4) is 0 Å². The van der Waals surface area contributed by atoms with E-state index in [9.17, 15) is 12.8 Å². The van der Waals surface area contributed by atoms with Gasteiger partial charge in [0, 0.05) is 25.8 Å². The number of benzene rings is 1. The van der Waals surface area contributed by atoms with E-state index in [2.05, 4.69) is 10.0 Å². The van der Waals surface area contributed by atoms with E-state index >= 15 is 0 Å². The van der Waals surface area contributed by atoms with Crippen molar-refractivity contribution < 1.29 is 17.5 Å². The molecule has 0 saturated carbocycles. The average molecular weight is 316 g/mol. The van der Waals surface area contributed by atoms with Crippen molar-refractivity contribution in [2.24, 2.45) is 0 Å². The number of hydrogen-bond acceptors (Lipinski definition) is 4. The highest BCUT2D eigenvalue weighted by Gasteiger charge is 2.24. The van der Waals surface area contributed by atoms with Crippen LogP contribution in [0.5, 0.6) is 0 Å². The third-order valence-corrected chi connectivity index (χ3v) is 4.96. The van der Waals surface area contributed by atoms with E-state index in [1.54, 1.807) is 6.07 Å². The van der Waals surface area contributed by atoms with E-state index in [1.165, 1.54) is 12.1 Å². The van der Waals surface area contributed by atoms with Crippen LogP contribution < -0.4 is 10.0 Å². The van der Waals surface area contributed by atoms with Gasteiger partial charge in [-0.05, 0) is 37.1 Å². The SMILES string of the molecule is CCNCc1ccc(S(=O)(=O)NC2CCOCC2)c(F)c1. The fourth-order valence-electron chi connectivity index (χ4n) is 2.24. The van der Waals surface area contributed by atoms with Gasteiger partial charge >= 0.3 is 0 Å². The summed E-state index contributed by atoms with van der Waals surface area (Å²) in [6, 6.07) is 4.03. The Bertz CT molecular complexity index is 572. The standard InChI is InChI=1S/C14H21FN2O3S/c1-2-16-10-11-3-4-14(13(15)9-11)21(18,19)17-12-5-7-20-8-6-12/h3-4,9,12,16-17H,2,5-8,10H2,1H3. The fraction of sp³-hybridized carbons (Fsp3) is 0.571. The van der Waals surface area contributed by atoms with Gasteiger partial charge in [0.05, 0.1) is 0 Å². The third kappa shape index (κ3) is 4.47. The molecule has 21 heavy (non-hydrogen) atoms. The molecule has 118 valence electrons. The van der Waals surface area contributed by atoms with Crippen LogP contribution >= 0.6 is 0 Å². The van der Waals surface area contributed by atoms with E-state index in [0.717, 1.165) is 12.1 Å². The maximum atomic E-state index is 14.1. The van der Waals surface area contributed by atoms with Crippen molar-refractivity contribution >= 4 is 10.0 Å². The summed E-state index contributed by atoms with van der Waals surface area (Å²) < 4.78 is 46.3. The molecule has 1 aromatic carbocycles. The van der Waals surface area contributed by atoms with Gasteiger partial charge in [-0.25, -0.2) is 17.5 Å². The largest absolute Gasteiger partial charge is 0.381 e. The Morgan fingerprint density at radius 3 is 2.67 bits per heavy atom. The summed E-state index contributed by atoms with van der Waals surface area (Å²) in [5.74, 6) is -0.718. The molecular weight excluding hydrogens is 295 g/mol. The zero-order chi connectivity index (χ0) is 15.3. The molecule has 1 saturated heterocycles. The summed E-state index contributed by atoms with van der Waals surface area (Å²) in [6.45, 7) is 4.29.